The summed E-state index contributed by atoms with van der Waals surface area (Å²) in [6, 6.07) is 0. The zero-order valence-corrected chi connectivity index (χ0v) is 6.88. The van der Waals surface area contributed by atoms with Gasteiger partial charge in [0, 0.05) is 0 Å². The van der Waals surface area contributed by atoms with E-state index >= 15 is 0 Å². The standard InChI is InChI=1S/Fe.H3N.H3O4P.3H2O/c;;1-5(2,3)4;;;/h;1H3;(H3,1,2,3,4);3*1H2/q+3;;;;;/p-3. The number of hydrogen-bond donors (Lipinski definition) is 1. The van der Waals surface area contributed by atoms with E-state index in [1.165, 1.54) is 0 Å². The van der Waals surface area contributed by atoms with Gasteiger partial charge in [0.15, 0.2) is 0 Å². The summed E-state index contributed by atoms with van der Waals surface area (Å²) >= 11 is 0. The molecule has 0 amide bonds. The molecule has 0 saturated carbocycles. The molecule has 1 radical (unpaired) electrons. The van der Waals surface area contributed by atoms with E-state index in [1.807, 2.05) is 0 Å². The van der Waals surface area contributed by atoms with Crippen LogP contribution in [0.3, 0.4) is 0 Å². The van der Waals surface area contributed by atoms with E-state index in [2.05, 4.69) is 0 Å². The second kappa shape index (κ2) is 16.2. The van der Waals surface area contributed by atoms with E-state index in [-0.39, 0.29) is 39.6 Å². The SMILES string of the molecule is O.O.O=P([O-])([O-])[O-].[Fe+3].[NH4+].[OH-]. The molecule has 0 rings (SSSR count). The van der Waals surface area contributed by atoms with Crippen molar-refractivity contribution in [1.29, 1.82) is 0 Å². The number of quaternary nitrogens is 1. The van der Waals surface area contributed by atoms with Crippen LogP contribution in [0, 0.1) is 0 Å². The van der Waals surface area contributed by atoms with Gasteiger partial charge in [-0.2, -0.15) is 7.82 Å². The van der Waals surface area contributed by atoms with Crippen LogP contribution >= 0.6 is 7.82 Å². The zero-order chi connectivity index (χ0) is 4.50. The van der Waals surface area contributed by atoms with Crippen LogP contribution in [0.25, 0.3) is 0 Å². The fraction of sp³-hybridized carbons (Fsp3) is 0. The molecule has 0 bridgehead atoms. The van der Waals surface area contributed by atoms with Gasteiger partial charge in [0.25, 0.3) is 0 Å². The van der Waals surface area contributed by atoms with E-state index in [0.717, 1.165) is 0 Å². The summed E-state index contributed by atoms with van der Waals surface area (Å²) in [5, 5.41) is 0. The molecule has 10 heteroatoms. The van der Waals surface area contributed by atoms with E-state index in [0.29, 0.717) is 0 Å². The van der Waals surface area contributed by atoms with Crippen molar-refractivity contribution in [3.05, 3.63) is 0 Å². The molecule has 0 aromatic carbocycles. The van der Waals surface area contributed by atoms with Crippen LogP contribution in [0.4, 0.5) is 0 Å². The minimum atomic E-state index is -5.39. The maximum absolute atomic E-state index is 8.55. The normalized spacial score (nSPS) is 5.90. The van der Waals surface area contributed by atoms with Crippen LogP contribution in [-0.4, -0.2) is 16.4 Å². The summed E-state index contributed by atoms with van der Waals surface area (Å²) in [7, 11) is -5.39. The molecular weight excluding hydrogens is 213 g/mol. The zero-order valence-electron chi connectivity index (χ0n) is 4.88. The van der Waals surface area contributed by atoms with Gasteiger partial charge in [0.05, 0.1) is 0 Å². The summed E-state index contributed by atoms with van der Waals surface area (Å²) in [4.78, 5) is 25.6. The molecule has 0 aliphatic carbocycles. The number of hydrogen-bond acceptors (Lipinski definition) is 5. The van der Waals surface area contributed by atoms with Gasteiger partial charge in [-0.05, 0) is 0 Å². The molecule has 0 unspecified atom stereocenters. The fourth-order valence-electron chi connectivity index (χ4n) is 0. The Labute approximate surface area is 67.5 Å². The minimum Gasteiger partial charge on any atom is -0.870 e. The molecule has 0 aromatic heterocycles. The Bertz CT molecular complexity index is 59.7. The predicted molar refractivity (Wildman–Crippen MR) is 22.8 cm³/mol. The van der Waals surface area contributed by atoms with Gasteiger partial charge in [-0.1, -0.05) is 0 Å². The third-order valence-corrected chi connectivity index (χ3v) is 0. The first-order chi connectivity index (χ1) is 2.00. The first-order valence-electron chi connectivity index (χ1n) is 0.730. The van der Waals surface area contributed by atoms with Gasteiger partial charge >= 0.3 is 17.1 Å². The first-order valence-corrected chi connectivity index (χ1v) is 2.19. The average molecular weight is 222 g/mol. The van der Waals surface area contributed by atoms with Crippen molar-refractivity contribution < 1.29 is 52.7 Å². The van der Waals surface area contributed by atoms with Crippen molar-refractivity contribution >= 4 is 7.82 Å². The molecule has 0 aliphatic heterocycles. The Balaban J connectivity index is -0.00000000800. The number of phosphoric acid groups is 1. The Morgan fingerprint density at radius 2 is 1.00 bits per heavy atom. The largest absolute Gasteiger partial charge is 3.00 e. The van der Waals surface area contributed by atoms with Crippen molar-refractivity contribution in [2.75, 3.05) is 0 Å². The van der Waals surface area contributed by atoms with Gasteiger partial charge < -0.3 is 41.8 Å². The van der Waals surface area contributed by atoms with Gasteiger partial charge in [-0.3, -0.25) is 0 Å². The average Bonchev–Trinajstić information content (AvgIpc) is 0.722. The minimum absolute atomic E-state index is 0. The molecule has 10 heavy (non-hydrogen) atoms. The van der Waals surface area contributed by atoms with E-state index in [1.54, 1.807) is 0 Å². The Hall–Kier alpha value is 0.469. The Morgan fingerprint density at radius 3 is 1.00 bits per heavy atom. The van der Waals surface area contributed by atoms with Gasteiger partial charge in [-0.15, -0.1) is 0 Å². The fourth-order valence-corrected chi connectivity index (χ4v) is 0. The molecule has 0 heterocycles. The molecular formula is H9FeNO7P. The predicted octanol–water partition coefficient (Wildman–Crippen LogP) is -4.28. The molecule has 0 aliphatic rings. The third-order valence-electron chi connectivity index (χ3n) is 0. The van der Waals surface area contributed by atoms with Crippen LogP contribution in [-0.2, 0) is 21.6 Å². The van der Waals surface area contributed by atoms with Gasteiger partial charge in [0.1, 0.15) is 0 Å². The molecule has 9 N–H and O–H groups in total. The van der Waals surface area contributed by atoms with Crippen LogP contribution in [0.2, 0.25) is 0 Å². The second-order valence-corrected chi connectivity index (χ2v) is 1.34. The molecule has 0 saturated heterocycles. The topological polar surface area (TPSA) is 216 Å². The quantitative estimate of drug-likeness (QED) is 0.316. The maximum atomic E-state index is 8.55. The Morgan fingerprint density at radius 1 is 1.00 bits per heavy atom. The van der Waals surface area contributed by atoms with E-state index in [9.17, 15) is 0 Å². The Kier molecular flexibility index (Phi) is 76.3. The molecule has 0 atom stereocenters. The molecule has 0 spiro atoms. The van der Waals surface area contributed by atoms with Crippen LogP contribution in [0.15, 0.2) is 0 Å². The molecule has 69 valence electrons. The monoisotopic (exact) mass is 222 g/mol. The van der Waals surface area contributed by atoms with E-state index < -0.39 is 7.82 Å². The summed E-state index contributed by atoms with van der Waals surface area (Å²) in [6.07, 6.45) is 0. The summed E-state index contributed by atoms with van der Waals surface area (Å²) < 4.78 is 8.55. The van der Waals surface area contributed by atoms with Crippen molar-refractivity contribution in [1.82, 2.24) is 6.15 Å². The van der Waals surface area contributed by atoms with Crippen LogP contribution in [0.1, 0.15) is 0 Å². The first kappa shape index (κ1) is 47.0. The maximum Gasteiger partial charge on any atom is 3.00 e. The van der Waals surface area contributed by atoms with Crippen LogP contribution < -0.4 is 20.8 Å². The summed E-state index contributed by atoms with van der Waals surface area (Å²) in [6.45, 7) is 0. The van der Waals surface area contributed by atoms with Crippen LogP contribution in [0.5, 0.6) is 0 Å². The van der Waals surface area contributed by atoms with Crippen molar-refractivity contribution in [2.45, 2.75) is 0 Å². The smallest absolute Gasteiger partial charge is 0.870 e. The van der Waals surface area contributed by atoms with Gasteiger partial charge in [-0.25, -0.2) is 0 Å². The molecule has 0 aromatic rings. The number of rotatable bonds is 0. The third kappa shape index (κ3) is 2140. The molecule has 8 nitrogen and oxygen atoms in total. The summed E-state index contributed by atoms with van der Waals surface area (Å²) in [5.74, 6) is 0. The van der Waals surface area contributed by atoms with E-state index in [4.69, 9.17) is 19.2 Å². The van der Waals surface area contributed by atoms with Crippen molar-refractivity contribution in [3.8, 4) is 0 Å². The van der Waals surface area contributed by atoms with Crippen molar-refractivity contribution in [3.63, 3.8) is 0 Å². The van der Waals surface area contributed by atoms with Crippen molar-refractivity contribution in [2.24, 2.45) is 0 Å². The molecule has 0 fully saturated rings. The second-order valence-electron chi connectivity index (χ2n) is 0.447. The van der Waals surface area contributed by atoms with Gasteiger partial charge in [0.2, 0.25) is 0 Å². The summed E-state index contributed by atoms with van der Waals surface area (Å²) in [5.41, 5.74) is 0.